The molecule has 1 aliphatic rings. The lowest BCUT2D eigenvalue weighted by molar-refractivity contribution is -0.146. The average Bonchev–Trinajstić information content (AvgIpc) is 2.71. The Hall–Kier alpha value is -0.985. The molecule has 1 aliphatic heterocycles. The summed E-state index contributed by atoms with van der Waals surface area (Å²) in [4.78, 5) is 16.7. The van der Waals surface area contributed by atoms with Crippen molar-refractivity contribution in [3.05, 3.63) is 28.2 Å². The van der Waals surface area contributed by atoms with Crippen LogP contribution in [0.3, 0.4) is 0 Å². The smallest absolute Gasteiger partial charge is 0.451 e. The maximum atomic E-state index is 12.0. The molecule has 29 heavy (non-hydrogen) atoms. The molecule has 0 amide bonds. The number of hydrogen-bond donors (Lipinski definition) is 2. The monoisotopic (exact) mass is 444 g/mol. The molecule has 1 heterocycles. The van der Waals surface area contributed by atoms with Gasteiger partial charge in [-0.15, -0.1) is 0 Å². The maximum Gasteiger partial charge on any atom is 0.451 e. The Bertz CT molecular complexity index is 643. The number of nitrogens with zero attached hydrogens (tertiary/aromatic N) is 2. The van der Waals surface area contributed by atoms with Gasteiger partial charge in [0.1, 0.15) is 0 Å². The normalized spacial score (nSPS) is 16.0. The van der Waals surface area contributed by atoms with Gasteiger partial charge in [0.2, 0.25) is 0 Å². The number of rotatable bonds is 11. The fourth-order valence-electron chi connectivity index (χ4n) is 3.74. The SMILES string of the molecule is COC(=O)C(CCCCB(O)O)CCCN1CCN(c2ccc(Cl)c(Cl)c2)CC1. The number of benzene rings is 1. The maximum absolute atomic E-state index is 12.0. The van der Waals surface area contributed by atoms with Gasteiger partial charge in [-0.25, -0.2) is 0 Å². The molecular formula is C20H31BCl2N2O4. The summed E-state index contributed by atoms with van der Waals surface area (Å²) in [6, 6.07) is 5.75. The quantitative estimate of drug-likeness (QED) is 0.310. The Kier molecular flexibility index (Phi) is 10.6. The van der Waals surface area contributed by atoms with Crippen LogP contribution in [-0.4, -0.2) is 67.9 Å². The zero-order valence-electron chi connectivity index (χ0n) is 17.0. The molecule has 0 spiro atoms. The summed E-state index contributed by atoms with van der Waals surface area (Å²) < 4.78 is 4.94. The van der Waals surface area contributed by atoms with Crippen molar-refractivity contribution in [1.82, 2.24) is 4.90 Å². The predicted molar refractivity (Wildman–Crippen MR) is 119 cm³/mol. The van der Waals surface area contributed by atoms with Crippen LogP contribution < -0.4 is 4.90 Å². The third kappa shape index (κ3) is 8.34. The number of esters is 1. The van der Waals surface area contributed by atoms with Gasteiger partial charge in [0, 0.05) is 31.9 Å². The minimum absolute atomic E-state index is 0.117. The highest BCUT2D eigenvalue weighted by Gasteiger charge is 2.21. The lowest BCUT2D eigenvalue weighted by Gasteiger charge is -2.36. The number of hydrogen-bond acceptors (Lipinski definition) is 6. The van der Waals surface area contributed by atoms with Crippen molar-refractivity contribution < 1.29 is 19.6 Å². The molecule has 0 bridgehead atoms. The summed E-state index contributed by atoms with van der Waals surface area (Å²) in [6.45, 7) is 4.76. The van der Waals surface area contributed by atoms with Gasteiger partial charge in [-0.05, 0) is 50.3 Å². The van der Waals surface area contributed by atoms with Crippen molar-refractivity contribution >= 4 is 42.0 Å². The van der Waals surface area contributed by atoms with E-state index in [1.165, 1.54) is 7.11 Å². The molecule has 0 radical (unpaired) electrons. The topological polar surface area (TPSA) is 73.2 Å². The van der Waals surface area contributed by atoms with Crippen LogP contribution in [0.4, 0.5) is 5.69 Å². The van der Waals surface area contributed by atoms with Crippen LogP contribution in [0, 0.1) is 5.92 Å². The van der Waals surface area contributed by atoms with Crippen LogP contribution in [0.5, 0.6) is 0 Å². The lowest BCUT2D eigenvalue weighted by Crippen LogP contribution is -2.46. The van der Waals surface area contributed by atoms with Crippen LogP contribution in [0.1, 0.15) is 32.1 Å². The minimum atomic E-state index is -1.27. The summed E-state index contributed by atoms with van der Waals surface area (Å²) in [5, 5.41) is 19.0. The first kappa shape index (κ1) is 24.3. The van der Waals surface area contributed by atoms with Gasteiger partial charge < -0.3 is 19.7 Å². The van der Waals surface area contributed by atoms with Gasteiger partial charge in [0.05, 0.1) is 23.1 Å². The Labute approximate surface area is 183 Å². The fraction of sp³-hybridized carbons (Fsp3) is 0.650. The number of methoxy groups -OCH3 is 1. The average molecular weight is 445 g/mol. The molecule has 162 valence electrons. The van der Waals surface area contributed by atoms with Crippen LogP contribution in [0.15, 0.2) is 18.2 Å². The van der Waals surface area contributed by atoms with E-state index in [1.54, 1.807) is 0 Å². The molecule has 2 rings (SSSR count). The van der Waals surface area contributed by atoms with E-state index < -0.39 is 7.12 Å². The van der Waals surface area contributed by atoms with Gasteiger partial charge in [-0.3, -0.25) is 9.69 Å². The number of piperazine rings is 1. The zero-order chi connectivity index (χ0) is 21.2. The van der Waals surface area contributed by atoms with Gasteiger partial charge in [0.25, 0.3) is 0 Å². The number of anilines is 1. The molecule has 9 heteroatoms. The summed E-state index contributed by atoms with van der Waals surface area (Å²) in [5.74, 6) is -0.285. The third-order valence-electron chi connectivity index (χ3n) is 5.47. The zero-order valence-corrected chi connectivity index (χ0v) is 18.5. The van der Waals surface area contributed by atoms with E-state index in [0.29, 0.717) is 22.8 Å². The molecule has 0 aromatic heterocycles. The Morgan fingerprint density at radius 2 is 1.79 bits per heavy atom. The van der Waals surface area contributed by atoms with Gasteiger partial charge in [0.15, 0.2) is 0 Å². The van der Waals surface area contributed by atoms with E-state index in [4.69, 9.17) is 38.0 Å². The second-order valence-electron chi connectivity index (χ2n) is 7.55. The Morgan fingerprint density at radius 3 is 2.41 bits per heavy atom. The molecule has 1 unspecified atom stereocenters. The highest BCUT2D eigenvalue weighted by molar-refractivity contribution is 6.42. The van der Waals surface area contributed by atoms with E-state index in [9.17, 15) is 4.79 Å². The third-order valence-corrected chi connectivity index (χ3v) is 6.21. The van der Waals surface area contributed by atoms with E-state index in [0.717, 1.165) is 64.1 Å². The fourth-order valence-corrected chi connectivity index (χ4v) is 4.03. The molecule has 1 aromatic rings. The predicted octanol–water partition coefficient (Wildman–Crippen LogP) is 3.33. The Balaban J connectivity index is 1.70. The molecular weight excluding hydrogens is 414 g/mol. The first-order valence-electron chi connectivity index (χ1n) is 10.3. The van der Waals surface area contributed by atoms with Crippen molar-refractivity contribution in [2.75, 3.05) is 44.7 Å². The van der Waals surface area contributed by atoms with Crippen molar-refractivity contribution in [3.63, 3.8) is 0 Å². The lowest BCUT2D eigenvalue weighted by atomic mass is 9.82. The van der Waals surface area contributed by atoms with E-state index in [2.05, 4.69) is 9.80 Å². The van der Waals surface area contributed by atoms with E-state index >= 15 is 0 Å². The largest absolute Gasteiger partial charge is 0.469 e. The first-order chi connectivity index (χ1) is 13.9. The van der Waals surface area contributed by atoms with Crippen molar-refractivity contribution in [1.29, 1.82) is 0 Å². The summed E-state index contributed by atoms with van der Waals surface area (Å²) in [5.41, 5.74) is 1.10. The van der Waals surface area contributed by atoms with Gasteiger partial charge in [-0.1, -0.05) is 36.0 Å². The molecule has 1 aromatic carbocycles. The second-order valence-corrected chi connectivity index (χ2v) is 8.37. The summed E-state index contributed by atoms with van der Waals surface area (Å²) in [7, 11) is 0.156. The van der Waals surface area contributed by atoms with Crippen molar-refractivity contribution in [2.45, 2.75) is 38.4 Å². The second kappa shape index (κ2) is 12.7. The molecule has 1 fully saturated rings. The molecule has 1 saturated heterocycles. The van der Waals surface area contributed by atoms with Crippen molar-refractivity contribution in [3.8, 4) is 0 Å². The van der Waals surface area contributed by atoms with Crippen LogP contribution >= 0.6 is 23.2 Å². The highest BCUT2D eigenvalue weighted by atomic mass is 35.5. The van der Waals surface area contributed by atoms with Crippen molar-refractivity contribution in [2.24, 2.45) is 5.92 Å². The highest BCUT2D eigenvalue weighted by Crippen LogP contribution is 2.28. The molecule has 0 aliphatic carbocycles. The Morgan fingerprint density at radius 1 is 1.10 bits per heavy atom. The van der Waals surface area contributed by atoms with E-state index in [1.807, 2.05) is 18.2 Å². The van der Waals surface area contributed by atoms with Gasteiger partial charge >= 0.3 is 13.1 Å². The molecule has 0 saturated carbocycles. The molecule has 2 N–H and O–H groups in total. The molecule has 6 nitrogen and oxygen atoms in total. The summed E-state index contributed by atoms with van der Waals surface area (Å²) in [6.07, 6.45) is 4.29. The van der Waals surface area contributed by atoms with Crippen LogP contribution in [0.25, 0.3) is 0 Å². The first-order valence-corrected chi connectivity index (χ1v) is 11.0. The molecule has 1 atom stereocenters. The number of unbranched alkanes of at least 4 members (excludes halogenated alkanes) is 1. The van der Waals surface area contributed by atoms with Crippen LogP contribution in [0.2, 0.25) is 16.4 Å². The number of halogens is 2. The number of carbonyl (C=O) groups excluding carboxylic acids is 1. The number of carbonyl (C=O) groups is 1. The van der Waals surface area contributed by atoms with Crippen LogP contribution in [-0.2, 0) is 9.53 Å². The van der Waals surface area contributed by atoms with Gasteiger partial charge in [-0.2, -0.15) is 0 Å². The number of ether oxygens (including phenoxy) is 1. The minimum Gasteiger partial charge on any atom is -0.469 e. The van der Waals surface area contributed by atoms with E-state index in [-0.39, 0.29) is 11.9 Å². The standard InChI is InChI=1S/C20H31BCl2N2O4/c1-29-20(26)16(5-2-3-9-21(27)28)6-4-10-24-11-13-25(14-12-24)17-7-8-18(22)19(23)15-17/h7-8,15-16,27-28H,2-6,9-14H2,1H3. The summed E-state index contributed by atoms with van der Waals surface area (Å²) >= 11 is 12.1.